The molecular weight excluding hydrogens is 270 g/mol. The molecule has 0 saturated heterocycles. The average molecular weight is 283 g/mol. The molecule has 2 aromatic rings. The lowest BCUT2D eigenvalue weighted by atomic mass is 10.5. The molecule has 0 aliphatic rings. The van der Waals surface area contributed by atoms with Crippen LogP contribution < -0.4 is 0 Å². The molecule has 18 heavy (non-hydrogen) atoms. The molecule has 96 valence electrons. The van der Waals surface area contributed by atoms with Gasteiger partial charge in [-0.15, -0.1) is 11.3 Å². The first-order chi connectivity index (χ1) is 8.56. The number of carbonyl (C=O) groups is 1. The van der Waals surface area contributed by atoms with Crippen molar-refractivity contribution in [2.45, 2.75) is 25.5 Å². The van der Waals surface area contributed by atoms with Gasteiger partial charge in [0.2, 0.25) is 0 Å². The van der Waals surface area contributed by atoms with Crippen LogP contribution in [0.4, 0.5) is 0 Å². The third kappa shape index (κ3) is 3.11. The quantitative estimate of drug-likeness (QED) is 0.852. The van der Waals surface area contributed by atoms with Gasteiger partial charge >= 0.3 is 5.97 Å². The Kier molecular flexibility index (Phi) is 4.03. The van der Waals surface area contributed by atoms with Gasteiger partial charge in [0.05, 0.1) is 12.3 Å². The van der Waals surface area contributed by atoms with E-state index in [0.717, 1.165) is 21.6 Å². The number of hydrogen-bond donors (Lipinski definition) is 1. The lowest BCUT2D eigenvalue weighted by molar-refractivity contribution is -0.133. The molecular formula is C11H13N3O2S2. The number of carboxylic acids is 1. The van der Waals surface area contributed by atoms with Crippen LogP contribution in [0.25, 0.3) is 0 Å². The normalized spacial score (nSPS) is 10.8. The van der Waals surface area contributed by atoms with Crippen LogP contribution in [-0.2, 0) is 11.3 Å². The fourth-order valence-electron chi connectivity index (χ4n) is 1.48. The Morgan fingerprint density at radius 3 is 2.94 bits per heavy atom. The highest BCUT2D eigenvalue weighted by atomic mass is 32.2. The van der Waals surface area contributed by atoms with E-state index in [-0.39, 0.29) is 5.75 Å². The van der Waals surface area contributed by atoms with Gasteiger partial charge in [-0.2, -0.15) is 0 Å². The molecule has 5 nitrogen and oxygen atoms in total. The van der Waals surface area contributed by atoms with Crippen molar-refractivity contribution >= 4 is 29.1 Å². The van der Waals surface area contributed by atoms with Gasteiger partial charge in [0.25, 0.3) is 0 Å². The minimum Gasteiger partial charge on any atom is -0.481 e. The summed E-state index contributed by atoms with van der Waals surface area (Å²) >= 11 is 2.84. The maximum absolute atomic E-state index is 10.6. The number of rotatable bonds is 5. The predicted molar refractivity (Wildman–Crippen MR) is 71.3 cm³/mol. The average Bonchev–Trinajstić information content (AvgIpc) is 2.85. The van der Waals surface area contributed by atoms with E-state index in [4.69, 9.17) is 5.11 Å². The minimum absolute atomic E-state index is 0.0212. The molecule has 0 unspecified atom stereocenters. The standard InChI is InChI=1S/C11H13N3O2S2/c1-7-5-17-9(13-7)4-14-8(2)3-12-11(14)18-6-10(15)16/h3,5H,4,6H2,1-2H3,(H,15,16). The fraction of sp³-hybridized carbons (Fsp3) is 0.364. The minimum atomic E-state index is -0.836. The number of aromatic nitrogens is 3. The third-order valence-electron chi connectivity index (χ3n) is 2.30. The van der Waals surface area contributed by atoms with Crippen LogP contribution in [0, 0.1) is 13.8 Å². The number of nitrogens with zero attached hydrogens (tertiary/aromatic N) is 3. The number of hydrogen-bond acceptors (Lipinski definition) is 5. The summed E-state index contributed by atoms with van der Waals surface area (Å²) in [5, 5.41) is 12.4. The van der Waals surface area contributed by atoms with E-state index >= 15 is 0 Å². The lowest BCUT2D eigenvalue weighted by Crippen LogP contribution is -2.05. The van der Waals surface area contributed by atoms with Gasteiger partial charge in [0.1, 0.15) is 5.01 Å². The molecule has 0 fully saturated rings. The fourth-order valence-corrected chi connectivity index (χ4v) is 2.99. The maximum atomic E-state index is 10.6. The summed E-state index contributed by atoms with van der Waals surface area (Å²) < 4.78 is 1.99. The van der Waals surface area contributed by atoms with Crippen molar-refractivity contribution in [3.8, 4) is 0 Å². The van der Waals surface area contributed by atoms with Gasteiger partial charge < -0.3 is 9.67 Å². The maximum Gasteiger partial charge on any atom is 0.313 e. The zero-order valence-electron chi connectivity index (χ0n) is 10.1. The largest absolute Gasteiger partial charge is 0.481 e. The van der Waals surface area contributed by atoms with Crippen LogP contribution >= 0.6 is 23.1 Å². The second kappa shape index (κ2) is 5.53. The van der Waals surface area contributed by atoms with Crippen molar-refractivity contribution in [2.24, 2.45) is 0 Å². The number of aryl methyl sites for hydroxylation is 2. The summed E-state index contributed by atoms with van der Waals surface area (Å²) in [6.45, 7) is 4.56. The van der Waals surface area contributed by atoms with E-state index in [1.165, 1.54) is 11.8 Å². The number of imidazole rings is 1. The summed E-state index contributed by atoms with van der Waals surface area (Å²) in [6, 6.07) is 0. The van der Waals surface area contributed by atoms with E-state index in [1.807, 2.05) is 23.8 Å². The van der Waals surface area contributed by atoms with Crippen LogP contribution in [-0.4, -0.2) is 31.4 Å². The van der Waals surface area contributed by atoms with Crippen LogP contribution in [0.15, 0.2) is 16.7 Å². The Balaban J connectivity index is 2.16. The summed E-state index contributed by atoms with van der Waals surface area (Å²) in [4.78, 5) is 19.2. The smallest absolute Gasteiger partial charge is 0.313 e. The van der Waals surface area contributed by atoms with Gasteiger partial charge in [-0.25, -0.2) is 9.97 Å². The molecule has 2 heterocycles. The molecule has 0 aliphatic carbocycles. The SMILES string of the molecule is Cc1csc(Cn2c(C)cnc2SCC(=O)O)n1. The molecule has 0 radical (unpaired) electrons. The number of thiazole rings is 1. The molecule has 0 amide bonds. The topological polar surface area (TPSA) is 68.0 Å². The van der Waals surface area contributed by atoms with Crippen molar-refractivity contribution in [1.82, 2.24) is 14.5 Å². The zero-order valence-corrected chi connectivity index (χ0v) is 11.7. The zero-order chi connectivity index (χ0) is 13.1. The molecule has 7 heteroatoms. The molecule has 0 aromatic carbocycles. The van der Waals surface area contributed by atoms with Crippen molar-refractivity contribution in [1.29, 1.82) is 0 Å². The highest BCUT2D eigenvalue weighted by Gasteiger charge is 2.11. The number of carboxylic acid groups (broad SMARTS) is 1. The van der Waals surface area contributed by atoms with Crippen LogP contribution in [0.5, 0.6) is 0 Å². The van der Waals surface area contributed by atoms with E-state index in [2.05, 4.69) is 9.97 Å². The Morgan fingerprint density at radius 2 is 2.33 bits per heavy atom. The molecule has 0 saturated carbocycles. The first-order valence-corrected chi connectivity index (χ1v) is 7.20. The Morgan fingerprint density at radius 1 is 1.56 bits per heavy atom. The molecule has 0 aliphatic heterocycles. The summed E-state index contributed by atoms with van der Waals surface area (Å²) in [5.41, 5.74) is 2.02. The van der Waals surface area contributed by atoms with Crippen molar-refractivity contribution < 1.29 is 9.90 Å². The van der Waals surface area contributed by atoms with Crippen LogP contribution in [0.2, 0.25) is 0 Å². The second-order valence-corrected chi connectivity index (χ2v) is 5.72. The van der Waals surface area contributed by atoms with Gasteiger partial charge in [-0.1, -0.05) is 11.8 Å². The molecule has 2 rings (SSSR count). The van der Waals surface area contributed by atoms with Crippen LogP contribution in [0.3, 0.4) is 0 Å². The Hall–Kier alpha value is -1.34. The van der Waals surface area contributed by atoms with Gasteiger partial charge in [0, 0.05) is 23.0 Å². The first-order valence-electron chi connectivity index (χ1n) is 5.34. The molecule has 0 bridgehead atoms. The highest BCUT2D eigenvalue weighted by Crippen LogP contribution is 2.20. The van der Waals surface area contributed by atoms with Crippen molar-refractivity contribution in [3.63, 3.8) is 0 Å². The number of aliphatic carboxylic acids is 1. The van der Waals surface area contributed by atoms with Gasteiger partial charge in [-0.05, 0) is 13.8 Å². The Bertz CT molecular complexity index is 562. The monoisotopic (exact) mass is 283 g/mol. The molecule has 1 N–H and O–H groups in total. The highest BCUT2D eigenvalue weighted by molar-refractivity contribution is 7.99. The second-order valence-electron chi connectivity index (χ2n) is 3.83. The number of thioether (sulfide) groups is 1. The lowest BCUT2D eigenvalue weighted by Gasteiger charge is -2.06. The van der Waals surface area contributed by atoms with Crippen LogP contribution in [0.1, 0.15) is 16.4 Å². The van der Waals surface area contributed by atoms with Gasteiger partial charge in [0.15, 0.2) is 5.16 Å². The third-order valence-corrected chi connectivity index (χ3v) is 4.23. The van der Waals surface area contributed by atoms with E-state index in [9.17, 15) is 4.79 Å². The van der Waals surface area contributed by atoms with Crippen molar-refractivity contribution in [3.05, 3.63) is 28.0 Å². The van der Waals surface area contributed by atoms with E-state index in [0.29, 0.717) is 6.54 Å². The van der Waals surface area contributed by atoms with E-state index < -0.39 is 5.97 Å². The summed E-state index contributed by atoms with van der Waals surface area (Å²) in [5.74, 6) is -0.815. The summed E-state index contributed by atoms with van der Waals surface area (Å²) in [6.07, 6.45) is 1.75. The predicted octanol–water partition coefficient (Wildman–Crippen LogP) is 2.18. The van der Waals surface area contributed by atoms with E-state index in [1.54, 1.807) is 17.5 Å². The molecule has 0 spiro atoms. The molecule has 0 atom stereocenters. The van der Waals surface area contributed by atoms with Crippen molar-refractivity contribution in [2.75, 3.05) is 5.75 Å². The van der Waals surface area contributed by atoms with Gasteiger partial charge in [-0.3, -0.25) is 4.79 Å². The molecule has 2 aromatic heterocycles. The summed E-state index contributed by atoms with van der Waals surface area (Å²) in [7, 11) is 0. The first kappa shape index (κ1) is 13.1. The Labute approximate surface area is 113 Å².